The first-order valence-corrected chi connectivity index (χ1v) is 3.53. The van der Waals surface area contributed by atoms with Gasteiger partial charge in [-0.15, -0.1) is 0 Å². The summed E-state index contributed by atoms with van der Waals surface area (Å²) in [6.45, 7) is 1.92. The number of allylic oxidation sites excluding steroid dienone is 5. The smallest absolute Gasteiger partial charge is 0.123 e. The first-order valence-electron chi connectivity index (χ1n) is 3.53. The lowest BCUT2D eigenvalue weighted by atomic mass is 10.1. The zero-order valence-corrected chi connectivity index (χ0v) is 6.67. The maximum Gasteiger partial charge on any atom is 0.123 e. The van der Waals surface area contributed by atoms with Crippen LogP contribution in [-0.4, -0.2) is 7.11 Å². The fraction of sp³-hybridized carbons (Fsp3) is 0.333. The fourth-order valence-corrected chi connectivity index (χ4v) is 0.912. The normalized spacial score (nSPS) is 23.7. The molecule has 1 aliphatic carbocycles. The molecule has 0 radical (unpaired) electrons. The number of rotatable bonds is 1. The van der Waals surface area contributed by atoms with Crippen LogP contribution in [0.3, 0.4) is 0 Å². The second kappa shape index (κ2) is 3.37. The Morgan fingerprint density at radius 1 is 1.55 bits per heavy atom. The predicted molar refractivity (Wildman–Crippen MR) is 42.6 cm³/mol. The molecule has 0 spiro atoms. The third-order valence-electron chi connectivity index (χ3n) is 1.50. The van der Waals surface area contributed by atoms with E-state index in [0.29, 0.717) is 5.76 Å². The van der Waals surface area contributed by atoms with Gasteiger partial charge in [-0.1, -0.05) is 13.0 Å². The molecule has 0 aromatic carbocycles. The van der Waals surface area contributed by atoms with Crippen molar-refractivity contribution in [3.63, 3.8) is 0 Å². The van der Waals surface area contributed by atoms with Gasteiger partial charge in [0.25, 0.3) is 0 Å². The zero-order valence-electron chi connectivity index (χ0n) is 6.67. The second-order valence-corrected chi connectivity index (χ2v) is 2.52. The van der Waals surface area contributed by atoms with E-state index in [1.54, 1.807) is 12.2 Å². The van der Waals surface area contributed by atoms with Gasteiger partial charge in [-0.2, -0.15) is 0 Å². The van der Waals surface area contributed by atoms with E-state index in [0.717, 1.165) is 0 Å². The number of hydrogen-bond donors (Lipinski definition) is 0. The average molecular weight is 154 g/mol. The Balaban J connectivity index is 2.85. The Morgan fingerprint density at radius 3 is 2.91 bits per heavy atom. The molecule has 0 saturated carbocycles. The minimum absolute atomic E-state index is 0.138. The summed E-state index contributed by atoms with van der Waals surface area (Å²) in [6, 6.07) is 0. The fourth-order valence-electron chi connectivity index (χ4n) is 0.912. The first-order chi connectivity index (χ1) is 5.22. The van der Waals surface area contributed by atoms with Gasteiger partial charge >= 0.3 is 0 Å². The van der Waals surface area contributed by atoms with Crippen molar-refractivity contribution < 1.29 is 9.13 Å². The van der Waals surface area contributed by atoms with Crippen molar-refractivity contribution in [3.8, 4) is 0 Å². The Morgan fingerprint density at radius 2 is 2.27 bits per heavy atom. The molecule has 0 aromatic heterocycles. The van der Waals surface area contributed by atoms with Gasteiger partial charge in [-0.05, 0) is 18.1 Å². The number of methoxy groups -OCH3 is 1. The molecule has 0 amide bonds. The minimum atomic E-state index is -0.237. The Bertz CT molecular complexity index is 226. The zero-order chi connectivity index (χ0) is 8.27. The van der Waals surface area contributed by atoms with Crippen LogP contribution in [0.5, 0.6) is 0 Å². The lowest BCUT2D eigenvalue weighted by Gasteiger charge is -1.96. The van der Waals surface area contributed by atoms with E-state index in [1.807, 2.05) is 13.0 Å². The number of hydrogen-bond acceptors (Lipinski definition) is 1. The summed E-state index contributed by atoms with van der Waals surface area (Å²) in [5.74, 6) is 0.460. The number of halogens is 1. The summed E-state index contributed by atoms with van der Waals surface area (Å²) < 4.78 is 17.7. The first kappa shape index (κ1) is 8.05. The predicted octanol–water partition coefficient (Wildman–Crippen LogP) is 2.58. The minimum Gasteiger partial charge on any atom is -0.497 e. The van der Waals surface area contributed by atoms with Gasteiger partial charge in [0, 0.05) is 6.08 Å². The Labute approximate surface area is 65.9 Å². The standard InChI is InChI=1S/C9H11FO/c1-7-3-4-9(11-2)6-8(10)5-7/h3-7H,1-2H3. The Hall–Kier alpha value is -1.05. The summed E-state index contributed by atoms with van der Waals surface area (Å²) in [7, 11) is 1.53. The molecule has 0 fully saturated rings. The highest BCUT2D eigenvalue weighted by Gasteiger charge is 2.02. The van der Waals surface area contributed by atoms with Crippen LogP contribution in [0.4, 0.5) is 4.39 Å². The molecule has 1 atom stereocenters. The largest absolute Gasteiger partial charge is 0.497 e. The molecular formula is C9H11FO. The summed E-state index contributed by atoms with van der Waals surface area (Å²) in [6.07, 6.45) is 6.58. The Kier molecular flexibility index (Phi) is 2.47. The summed E-state index contributed by atoms with van der Waals surface area (Å²) >= 11 is 0. The SMILES string of the molecule is COC1=CC(F)=CC(C)C=C1. The van der Waals surface area contributed by atoms with E-state index in [4.69, 9.17) is 4.74 Å². The molecule has 11 heavy (non-hydrogen) atoms. The third kappa shape index (κ3) is 2.22. The number of ether oxygens (including phenoxy) is 1. The van der Waals surface area contributed by atoms with Gasteiger partial charge in [0.05, 0.1) is 7.11 Å². The lowest BCUT2D eigenvalue weighted by molar-refractivity contribution is 0.305. The van der Waals surface area contributed by atoms with Crippen LogP contribution in [0.2, 0.25) is 0 Å². The van der Waals surface area contributed by atoms with Crippen molar-refractivity contribution in [1.82, 2.24) is 0 Å². The average Bonchev–Trinajstić information content (AvgIpc) is 2.11. The molecule has 0 saturated heterocycles. The monoisotopic (exact) mass is 154 g/mol. The van der Waals surface area contributed by atoms with Crippen LogP contribution in [0.15, 0.2) is 35.9 Å². The topological polar surface area (TPSA) is 9.23 Å². The molecule has 0 aromatic rings. The maximum atomic E-state index is 12.8. The van der Waals surface area contributed by atoms with E-state index >= 15 is 0 Å². The van der Waals surface area contributed by atoms with E-state index in [-0.39, 0.29) is 11.7 Å². The highest BCUT2D eigenvalue weighted by atomic mass is 19.1. The summed E-state index contributed by atoms with van der Waals surface area (Å²) in [4.78, 5) is 0. The molecule has 1 nitrogen and oxygen atoms in total. The highest BCUT2D eigenvalue weighted by Crippen LogP contribution is 2.15. The van der Waals surface area contributed by atoms with Gasteiger partial charge in [0.2, 0.25) is 0 Å². The molecule has 0 heterocycles. The molecule has 1 aliphatic rings. The lowest BCUT2D eigenvalue weighted by Crippen LogP contribution is -1.81. The molecule has 0 bridgehead atoms. The van der Waals surface area contributed by atoms with Crippen molar-refractivity contribution in [2.45, 2.75) is 6.92 Å². The van der Waals surface area contributed by atoms with Crippen LogP contribution in [0.25, 0.3) is 0 Å². The van der Waals surface area contributed by atoms with Crippen molar-refractivity contribution >= 4 is 0 Å². The third-order valence-corrected chi connectivity index (χ3v) is 1.50. The van der Waals surface area contributed by atoms with Crippen LogP contribution < -0.4 is 0 Å². The molecule has 1 rings (SSSR count). The quantitative estimate of drug-likeness (QED) is 0.564. The van der Waals surface area contributed by atoms with Crippen LogP contribution in [0, 0.1) is 5.92 Å². The molecule has 2 heteroatoms. The molecule has 0 N–H and O–H groups in total. The van der Waals surface area contributed by atoms with Gasteiger partial charge in [0.1, 0.15) is 11.6 Å². The van der Waals surface area contributed by atoms with E-state index in [1.165, 1.54) is 13.2 Å². The summed E-state index contributed by atoms with van der Waals surface area (Å²) in [5, 5.41) is 0. The van der Waals surface area contributed by atoms with Crippen LogP contribution >= 0.6 is 0 Å². The van der Waals surface area contributed by atoms with Crippen molar-refractivity contribution in [3.05, 3.63) is 35.9 Å². The van der Waals surface area contributed by atoms with E-state index in [9.17, 15) is 4.39 Å². The summed E-state index contributed by atoms with van der Waals surface area (Å²) in [5.41, 5.74) is 0. The van der Waals surface area contributed by atoms with Crippen molar-refractivity contribution in [1.29, 1.82) is 0 Å². The molecule has 60 valence electrons. The van der Waals surface area contributed by atoms with E-state index in [2.05, 4.69) is 0 Å². The molecule has 1 unspecified atom stereocenters. The van der Waals surface area contributed by atoms with Gasteiger partial charge < -0.3 is 4.74 Å². The second-order valence-electron chi connectivity index (χ2n) is 2.52. The van der Waals surface area contributed by atoms with Crippen molar-refractivity contribution in [2.75, 3.05) is 7.11 Å². The van der Waals surface area contributed by atoms with Crippen molar-refractivity contribution in [2.24, 2.45) is 5.92 Å². The van der Waals surface area contributed by atoms with E-state index < -0.39 is 0 Å². The molecular weight excluding hydrogens is 143 g/mol. The van der Waals surface area contributed by atoms with Gasteiger partial charge in [0.15, 0.2) is 0 Å². The molecule has 0 aliphatic heterocycles. The van der Waals surface area contributed by atoms with Gasteiger partial charge in [-0.3, -0.25) is 0 Å². The maximum absolute atomic E-state index is 12.8. The van der Waals surface area contributed by atoms with Crippen LogP contribution in [-0.2, 0) is 4.74 Å². The van der Waals surface area contributed by atoms with Gasteiger partial charge in [-0.25, -0.2) is 4.39 Å². The highest BCUT2D eigenvalue weighted by molar-refractivity contribution is 5.27. The van der Waals surface area contributed by atoms with Crippen LogP contribution in [0.1, 0.15) is 6.92 Å².